The Bertz CT molecular complexity index is 180. The number of carboxylic acids is 1. The van der Waals surface area contributed by atoms with E-state index in [1.165, 1.54) is 0 Å². The fourth-order valence-electron chi connectivity index (χ4n) is 0.406. The molecule has 12 heavy (non-hydrogen) atoms. The fourth-order valence-corrected chi connectivity index (χ4v) is 0.698. The van der Waals surface area contributed by atoms with Gasteiger partial charge in [0.1, 0.15) is 0 Å². The molecule has 0 aromatic carbocycles. The normalized spacial score (nSPS) is 17.1. The van der Waals surface area contributed by atoms with E-state index in [1.54, 1.807) is 15.9 Å². The van der Waals surface area contributed by atoms with Crippen molar-refractivity contribution in [2.75, 3.05) is 0 Å². The van der Waals surface area contributed by atoms with Gasteiger partial charge < -0.3 is 5.11 Å². The summed E-state index contributed by atoms with van der Waals surface area (Å²) in [5.41, 5.74) is 0. The molecule has 0 saturated heterocycles. The summed E-state index contributed by atoms with van der Waals surface area (Å²) >= 11 is 6.45. The number of alkyl halides is 5. The van der Waals surface area contributed by atoms with Crippen LogP contribution in [0.1, 0.15) is 12.8 Å². The first kappa shape index (κ1) is 12.0. The standard InChI is InChI=1S/C5H5BrClF3O2/c6-5(9,10)4(7,8)2-1-3(11)12/h1-2H2,(H,11,12)/t4-/m1/s1. The molecule has 0 radical (unpaired) electrons. The van der Waals surface area contributed by atoms with E-state index in [4.69, 9.17) is 16.7 Å². The van der Waals surface area contributed by atoms with E-state index in [1.807, 2.05) is 0 Å². The quantitative estimate of drug-likeness (QED) is 0.797. The summed E-state index contributed by atoms with van der Waals surface area (Å²) in [5, 5.41) is 4.70. The van der Waals surface area contributed by atoms with Crippen LogP contribution in [0.5, 0.6) is 0 Å². The topological polar surface area (TPSA) is 37.3 Å². The van der Waals surface area contributed by atoms with Crippen molar-refractivity contribution in [3.8, 4) is 0 Å². The smallest absolute Gasteiger partial charge is 0.348 e. The van der Waals surface area contributed by atoms with Crippen LogP contribution in [0.3, 0.4) is 0 Å². The summed E-state index contributed by atoms with van der Waals surface area (Å²) in [6.45, 7) is 0. The minimum absolute atomic E-state index is 0.749. The number of hydrogen-bond donors (Lipinski definition) is 1. The van der Waals surface area contributed by atoms with Crippen LogP contribution in [0.25, 0.3) is 0 Å². The van der Waals surface area contributed by atoms with E-state index < -0.39 is 28.8 Å². The first-order valence-corrected chi connectivity index (χ1v) is 4.00. The lowest BCUT2D eigenvalue weighted by Gasteiger charge is -2.21. The van der Waals surface area contributed by atoms with Gasteiger partial charge in [-0.25, -0.2) is 4.39 Å². The number of rotatable bonds is 4. The van der Waals surface area contributed by atoms with Crippen LogP contribution in [0, 0.1) is 0 Å². The Morgan fingerprint density at radius 2 is 1.92 bits per heavy atom. The number of carbonyl (C=O) groups is 1. The van der Waals surface area contributed by atoms with E-state index in [0.717, 1.165) is 0 Å². The van der Waals surface area contributed by atoms with Gasteiger partial charge in [-0.15, -0.1) is 0 Å². The third-order valence-corrected chi connectivity index (χ3v) is 2.35. The molecule has 0 spiro atoms. The average molecular weight is 269 g/mol. The molecule has 0 aliphatic heterocycles. The molecule has 0 amide bonds. The van der Waals surface area contributed by atoms with Gasteiger partial charge in [0, 0.05) is 12.8 Å². The molecule has 0 saturated carbocycles. The Morgan fingerprint density at radius 1 is 1.50 bits per heavy atom. The Balaban J connectivity index is 4.14. The molecular weight excluding hydrogens is 264 g/mol. The van der Waals surface area contributed by atoms with Crippen molar-refractivity contribution in [2.45, 2.75) is 22.8 Å². The highest BCUT2D eigenvalue weighted by Gasteiger charge is 2.51. The van der Waals surface area contributed by atoms with Crippen LogP contribution in [0.15, 0.2) is 0 Å². The van der Waals surface area contributed by atoms with Gasteiger partial charge >= 0.3 is 10.8 Å². The van der Waals surface area contributed by atoms with Gasteiger partial charge in [0.2, 0.25) is 0 Å². The average Bonchev–Trinajstić information content (AvgIpc) is 1.81. The maximum atomic E-state index is 12.7. The van der Waals surface area contributed by atoms with Gasteiger partial charge in [-0.2, -0.15) is 8.78 Å². The Hall–Kier alpha value is 0.0300. The molecule has 72 valence electrons. The summed E-state index contributed by atoms with van der Waals surface area (Å²) in [6, 6.07) is 0. The van der Waals surface area contributed by atoms with E-state index in [9.17, 15) is 18.0 Å². The zero-order valence-corrected chi connectivity index (χ0v) is 8.00. The van der Waals surface area contributed by atoms with Crippen molar-refractivity contribution in [3.05, 3.63) is 0 Å². The highest BCUT2D eigenvalue weighted by Crippen LogP contribution is 2.44. The van der Waals surface area contributed by atoms with E-state index in [-0.39, 0.29) is 0 Å². The second-order valence-corrected chi connectivity index (χ2v) is 3.69. The summed E-state index contributed by atoms with van der Waals surface area (Å²) in [4.78, 5) is 5.97. The summed E-state index contributed by atoms with van der Waals surface area (Å²) < 4.78 is 37.0. The number of hydrogen-bond acceptors (Lipinski definition) is 1. The predicted octanol–water partition coefficient (Wildman–Crippen LogP) is 2.74. The molecule has 2 nitrogen and oxygen atoms in total. The van der Waals surface area contributed by atoms with E-state index in [0.29, 0.717) is 0 Å². The molecule has 0 fully saturated rings. The lowest BCUT2D eigenvalue weighted by Crippen LogP contribution is -2.34. The molecule has 1 atom stereocenters. The third-order valence-electron chi connectivity index (χ3n) is 1.07. The lowest BCUT2D eigenvalue weighted by molar-refractivity contribution is -0.138. The van der Waals surface area contributed by atoms with Crippen LogP contribution in [-0.4, -0.2) is 21.0 Å². The van der Waals surface area contributed by atoms with Crippen LogP contribution < -0.4 is 0 Å². The minimum Gasteiger partial charge on any atom is -0.481 e. The third kappa shape index (κ3) is 3.62. The van der Waals surface area contributed by atoms with Crippen molar-refractivity contribution in [1.29, 1.82) is 0 Å². The SMILES string of the molecule is O=C(O)CC[C@](F)(Cl)C(F)(F)Br. The van der Waals surface area contributed by atoms with Crippen molar-refractivity contribution < 1.29 is 23.1 Å². The van der Waals surface area contributed by atoms with Crippen molar-refractivity contribution >= 4 is 33.5 Å². The molecule has 7 heteroatoms. The Kier molecular flexibility index (Phi) is 3.84. The molecule has 1 N–H and O–H groups in total. The first-order valence-electron chi connectivity index (χ1n) is 2.83. The Labute approximate surface area is 79.8 Å². The van der Waals surface area contributed by atoms with Crippen LogP contribution in [0.2, 0.25) is 0 Å². The van der Waals surface area contributed by atoms with Crippen LogP contribution in [-0.2, 0) is 4.79 Å². The van der Waals surface area contributed by atoms with Gasteiger partial charge in [0.25, 0.3) is 5.13 Å². The molecule has 0 unspecified atom stereocenters. The van der Waals surface area contributed by atoms with Gasteiger partial charge in [-0.05, 0) is 15.9 Å². The number of aliphatic carboxylic acids is 1. The summed E-state index contributed by atoms with van der Waals surface area (Å²) in [5.74, 6) is -1.38. The van der Waals surface area contributed by atoms with Crippen molar-refractivity contribution in [1.82, 2.24) is 0 Å². The maximum absolute atomic E-state index is 12.7. The zero-order valence-electron chi connectivity index (χ0n) is 5.66. The van der Waals surface area contributed by atoms with Gasteiger partial charge in [0.05, 0.1) is 0 Å². The molecule has 0 aliphatic carbocycles. The second-order valence-electron chi connectivity index (χ2n) is 2.10. The highest BCUT2D eigenvalue weighted by atomic mass is 79.9. The second kappa shape index (κ2) is 3.83. The van der Waals surface area contributed by atoms with E-state index >= 15 is 0 Å². The lowest BCUT2D eigenvalue weighted by atomic mass is 10.2. The van der Waals surface area contributed by atoms with Gasteiger partial charge in [-0.3, -0.25) is 4.79 Å². The van der Waals surface area contributed by atoms with Gasteiger partial charge in [-0.1, -0.05) is 11.6 Å². The molecule has 0 heterocycles. The molecule has 0 bridgehead atoms. The largest absolute Gasteiger partial charge is 0.481 e. The van der Waals surface area contributed by atoms with Crippen LogP contribution >= 0.6 is 27.5 Å². The van der Waals surface area contributed by atoms with Crippen molar-refractivity contribution in [3.63, 3.8) is 0 Å². The highest BCUT2D eigenvalue weighted by molar-refractivity contribution is 9.10. The Morgan fingerprint density at radius 3 is 2.17 bits per heavy atom. The molecule has 0 rings (SSSR count). The minimum atomic E-state index is -3.92. The van der Waals surface area contributed by atoms with Crippen molar-refractivity contribution in [2.24, 2.45) is 0 Å². The molecular formula is C5H5BrClF3O2. The fraction of sp³-hybridized carbons (Fsp3) is 0.800. The molecule has 0 aliphatic rings. The molecule has 0 aromatic rings. The first-order chi connectivity index (χ1) is 5.17. The monoisotopic (exact) mass is 268 g/mol. The maximum Gasteiger partial charge on any atom is 0.348 e. The molecule has 0 aromatic heterocycles. The van der Waals surface area contributed by atoms with Gasteiger partial charge in [0.15, 0.2) is 0 Å². The van der Waals surface area contributed by atoms with E-state index in [2.05, 4.69) is 0 Å². The zero-order chi connectivity index (χ0) is 9.99. The number of halogens is 5. The summed E-state index contributed by atoms with van der Waals surface area (Å²) in [6.07, 6.45) is -1.71. The summed E-state index contributed by atoms with van der Waals surface area (Å²) in [7, 11) is 0. The predicted molar refractivity (Wildman–Crippen MR) is 40.4 cm³/mol. The number of carboxylic acid groups (broad SMARTS) is 1. The van der Waals surface area contributed by atoms with Crippen LogP contribution in [0.4, 0.5) is 13.2 Å².